The average Bonchev–Trinajstić information content (AvgIpc) is 1.97. The molecule has 0 fully saturated rings. The topological polar surface area (TPSA) is 26.3 Å². The van der Waals surface area contributed by atoms with Crippen molar-refractivity contribution in [1.82, 2.24) is 0 Å². The minimum atomic E-state index is 0.111. The lowest BCUT2D eigenvalue weighted by Gasteiger charge is -2.00. The SMILES string of the molecule is CCCC(=COCC)C(C)=O. The Hall–Kier alpha value is -0.790. The largest absolute Gasteiger partial charge is 0.501 e. The number of hydrogen-bond donors (Lipinski definition) is 0. The Bertz CT molecular complexity index is 148. The quantitative estimate of drug-likeness (QED) is 0.451. The molecule has 0 heterocycles. The molecule has 0 rings (SSSR count). The van der Waals surface area contributed by atoms with E-state index >= 15 is 0 Å². The second kappa shape index (κ2) is 5.96. The number of ether oxygens (including phenoxy) is 1. The summed E-state index contributed by atoms with van der Waals surface area (Å²) in [6, 6.07) is 0. The van der Waals surface area contributed by atoms with Gasteiger partial charge in [0, 0.05) is 5.57 Å². The van der Waals surface area contributed by atoms with E-state index in [2.05, 4.69) is 0 Å². The predicted molar refractivity (Wildman–Crippen MR) is 45.3 cm³/mol. The molecule has 0 aliphatic heterocycles. The number of allylic oxidation sites excluding steroid dienone is 1. The number of Topliss-reactive ketones (excluding diaryl/α,β-unsaturated/α-hetero) is 1. The molecule has 0 N–H and O–H groups in total. The molecule has 0 aromatic rings. The fourth-order valence-electron chi connectivity index (χ4n) is 0.771. The number of carbonyl (C=O) groups excluding carboxylic acids is 1. The zero-order chi connectivity index (χ0) is 8.69. The molecule has 0 aromatic carbocycles. The van der Waals surface area contributed by atoms with Gasteiger partial charge in [0.15, 0.2) is 5.78 Å². The second-order valence-electron chi connectivity index (χ2n) is 2.40. The number of ketones is 1. The lowest BCUT2D eigenvalue weighted by molar-refractivity contribution is -0.113. The summed E-state index contributed by atoms with van der Waals surface area (Å²) in [7, 11) is 0. The molecular formula is C9H16O2. The van der Waals surface area contributed by atoms with Crippen LogP contribution in [0.1, 0.15) is 33.6 Å². The van der Waals surface area contributed by atoms with Gasteiger partial charge in [0.2, 0.25) is 0 Å². The third-order valence-corrected chi connectivity index (χ3v) is 1.36. The minimum Gasteiger partial charge on any atom is -0.501 e. The monoisotopic (exact) mass is 156 g/mol. The summed E-state index contributed by atoms with van der Waals surface area (Å²) in [4.78, 5) is 10.9. The van der Waals surface area contributed by atoms with Gasteiger partial charge < -0.3 is 4.74 Å². The highest BCUT2D eigenvalue weighted by atomic mass is 16.5. The van der Waals surface area contributed by atoms with E-state index < -0.39 is 0 Å². The predicted octanol–water partition coefficient (Wildman–Crippen LogP) is 2.30. The Morgan fingerprint density at radius 2 is 2.09 bits per heavy atom. The van der Waals surface area contributed by atoms with Crippen LogP contribution in [0.4, 0.5) is 0 Å². The van der Waals surface area contributed by atoms with Crippen molar-refractivity contribution in [2.24, 2.45) is 0 Å². The summed E-state index contributed by atoms with van der Waals surface area (Å²) in [6.45, 7) is 6.14. The third kappa shape index (κ3) is 4.59. The first kappa shape index (κ1) is 10.2. The van der Waals surface area contributed by atoms with Gasteiger partial charge in [0.1, 0.15) is 0 Å². The summed E-state index contributed by atoms with van der Waals surface area (Å²) >= 11 is 0. The van der Waals surface area contributed by atoms with Gasteiger partial charge in [-0.2, -0.15) is 0 Å². The van der Waals surface area contributed by atoms with Crippen molar-refractivity contribution in [2.45, 2.75) is 33.6 Å². The lowest BCUT2D eigenvalue weighted by Crippen LogP contribution is -1.97. The van der Waals surface area contributed by atoms with Gasteiger partial charge >= 0.3 is 0 Å². The molecule has 0 aliphatic rings. The second-order valence-corrected chi connectivity index (χ2v) is 2.40. The van der Waals surface area contributed by atoms with Crippen molar-refractivity contribution in [3.8, 4) is 0 Å². The van der Waals surface area contributed by atoms with Crippen LogP contribution >= 0.6 is 0 Å². The molecule has 2 heteroatoms. The molecule has 0 aromatic heterocycles. The van der Waals surface area contributed by atoms with E-state index in [1.54, 1.807) is 13.2 Å². The first-order valence-electron chi connectivity index (χ1n) is 4.03. The smallest absolute Gasteiger partial charge is 0.158 e. The van der Waals surface area contributed by atoms with Crippen LogP contribution in [0.3, 0.4) is 0 Å². The van der Waals surface area contributed by atoms with Gasteiger partial charge in [-0.15, -0.1) is 0 Å². The van der Waals surface area contributed by atoms with Crippen LogP contribution in [0.15, 0.2) is 11.8 Å². The van der Waals surface area contributed by atoms with Crippen LogP contribution < -0.4 is 0 Å². The molecule has 0 amide bonds. The summed E-state index contributed by atoms with van der Waals surface area (Å²) < 4.78 is 5.03. The molecule has 0 unspecified atom stereocenters. The first-order chi connectivity index (χ1) is 5.22. The van der Waals surface area contributed by atoms with E-state index in [1.165, 1.54) is 0 Å². The number of hydrogen-bond acceptors (Lipinski definition) is 2. The molecule has 2 nitrogen and oxygen atoms in total. The Morgan fingerprint density at radius 1 is 1.45 bits per heavy atom. The normalized spacial score (nSPS) is 11.4. The maximum Gasteiger partial charge on any atom is 0.158 e. The maximum absolute atomic E-state index is 10.9. The van der Waals surface area contributed by atoms with E-state index in [1.807, 2.05) is 13.8 Å². The Kier molecular flexibility index (Phi) is 5.53. The Balaban J connectivity index is 3.97. The molecule has 0 bridgehead atoms. The van der Waals surface area contributed by atoms with Crippen LogP contribution in [-0.2, 0) is 9.53 Å². The van der Waals surface area contributed by atoms with Crippen molar-refractivity contribution in [1.29, 1.82) is 0 Å². The maximum atomic E-state index is 10.9. The molecule has 11 heavy (non-hydrogen) atoms. The Labute approximate surface area is 68.2 Å². The summed E-state index contributed by atoms with van der Waals surface area (Å²) in [5.41, 5.74) is 0.786. The fraction of sp³-hybridized carbons (Fsp3) is 0.667. The van der Waals surface area contributed by atoms with Gasteiger partial charge in [-0.3, -0.25) is 4.79 Å². The van der Waals surface area contributed by atoms with E-state index in [0.29, 0.717) is 6.61 Å². The highest BCUT2D eigenvalue weighted by Gasteiger charge is 2.01. The van der Waals surface area contributed by atoms with Gasteiger partial charge in [0.25, 0.3) is 0 Å². The molecule has 0 saturated heterocycles. The van der Waals surface area contributed by atoms with E-state index in [-0.39, 0.29) is 5.78 Å². The molecule has 0 spiro atoms. The molecule has 0 radical (unpaired) electrons. The third-order valence-electron chi connectivity index (χ3n) is 1.36. The first-order valence-corrected chi connectivity index (χ1v) is 4.03. The van der Waals surface area contributed by atoms with Crippen molar-refractivity contribution in [3.05, 3.63) is 11.8 Å². The fourth-order valence-corrected chi connectivity index (χ4v) is 0.771. The molecule has 0 saturated carbocycles. The lowest BCUT2D eigenvalue weighted by atomic mass is 10.1. The van der Waals surface area contributed by atoms with Gasteiger partial charge in [0.05, 0.1) is 12.9 Å². The minimum absolute atomic E-state index is 0.111. The van der Waals surface area contributed by atoms with Gasteiger partial charge in [-0.25, -0.2) is 0 Å². The number of carbonyl (C=O) groups is 1. The molecular weight excluding hydrogens is 140 g/mol. The Morgan fingerprint density at radius 3 is 2.45 bits per heavy atom. The van der Waals surface area contributed by atoms with Crippen LogP contribution in [0.5, 0.6) is 0 Å². The van der Waals surface area contributed by atoms with E-state index in [4.69, 9.17) is 4.74 Å². The van der Waals surface area contributed by atoms with Crippen LogP contribution in [0, 0.1) is 0 Å². The van der Waals surface area contributed by atoms with Crippen molar-refractivity contribution in [2.75, 3.05) is 6.61 Å². The van der Waals surface area contributed by atoms with E-state index in [9.17, 15) is 4.79 Å². The standard InChI is InChI=1S/C9H16O2/c1-4-6-9(8(3)10)7-11-5-2/h7H,4-6H2,1-3H3. The van der Waals surface area contributed by atoms with Crippen molar-refractivity contribution >= 4 is 5.78 Å². The number of rotatable bonds is 5. The molecule has 0 aliphatic carbocycles. The molecule has 0 atom stereocenters. The zero-order valence-corrected chi connectivity index (χ0v) is 7.52. The summed E-state index contributed by atoms with van der Waals surface area (Å²) in [6.07, 6.45) is 3.37. The van der Waals surface area contributed by atoms with Gasteiger partial charge in [-0.1, -0.05) is 13.3 Å². The van der Waals surface area contributed by atoms with Crippen molar-refractivity contribution < 1.29 is 9.53 Å². The summed E-state index contributed by atoms with van der Waals surface area (Å²) in [5, 5.41) is 0. The molecule has 64 valence electrons. The van der Waals surface area contributed by atoms with Gasteiger partial charge in [-0.05, 0) is 20.3 Å². The van der Waals surface area contributed by atoms with E-state index in [0.717, 1.165) is 18.4 Å². The highest BCUT2D eigenvalue weighted by molar-refractivity contribution is 5.92. The highest BCUT2D eigenvalue weighted by Crippen LogP contribution is 2.05. The average molecular weight is 156 g/mol. The van der Waals surface area contributed by atoms with Crippen LogP contribution in [0.2, 0.25) is 0 Å². The zero-order valence-electron chi connectivity index (χ0n) is 7.52. The van der Waals surface area contributed by atoms with Crippen molar-refractivity contribution in [3.63, 3.8) is 0 Å². The van der Waals surface area contributed by atoms with Crippen LogP contribution in [0.25, 0.3) is 0 Å². The van der Waals surface area contributed by atoms with Crippen LogP contribution in [-0.4, -0.2) is 12.4 Å². The summed E-state index contributed by atoms with van der Waals surface area (Å²) in [5.74, 6) is 0.111.